The molecule has 1 aliphatic heterocycles. The fourth-order valence-electron chi connectivity index (χ4n) is 2.78. The number of carbonyl (C=O) groups is 4. The molecule has 0 spiro atoms. The molecule has 1 heterocycles. The van der Waals surface area contributed by atoms with Gasteiger partial charge in [-0.3, -0.25) is 19.8 Å². The maximum absolute atomic E-state index is 12.6. The lowest BCUT2D eigenvalue weighted by molar-refractivity contribution is -0.150. The normalized spacial score (nSPS) is 18.9. The second-order valence-electron chi connectivity index (χ2n) is 7.52. The van der Waals surface area contributed by atoms with Gasteiger partial charge >= 0.3 is 12.0 Å². The van der Waals surface area contributed by atoms with Gasteiger partial charge < -0.3 is 10.1 Å². The molecule has 1 aromatic carbocycles. The Morgan fingerprint density at radius 3 is 2.54 bits per heavy atom. The number of carbonyl (C=O) groups excluding carboxylic acids is 4. The molecule has 0 aliphatic carbocycles. The first kappa shape index (κ1) is 21.4. The molecule has 0 bridgehead atoms. The number of ether oxygens (including phenoxy) is 1. The molecule has 152 valence electrons. The number of hydrazine groups is 1. The third kappa shape index (κ3) is 5.80. The van der Waals surface area contributed by atoms with Crippen molar-refractivity contribution in [1.29, 1.82) is 0 Å². The number of imide groups is 1. The first-order chi connectivity index (χ1) is 13.2. The van der Waals surface area contributed by atoms with E-state index in [9.17, 15) is 19.2 Å². The van der Waals surface area contributed by atoms with Crippen molar-refractivity contribution in [1.82, 2.24) is 15.8 Å². The summed E-state index contributed by atoms with van der Waals surface area (Å²) < 4.78 is 4.87. The number of hydrogen-bond acceptors (Lipinski definition) is 5. The largest absolute Gasteiger partial charge is 0.455 e. The highest BCUT2D eigenvalue weighted by Gasteiger charge is 2.48. The molecule has 1 fully saturated rings. The van der Waals surface area contributed by atoms with Crippen LogP contribution in [0.5, 0.6) is 0 Å². The standard InChI is InChI=1S/C20H27N3O5/c1-14(2)9-10-17(25)28-13-16(24)22-23-18(26)20(3,21-19(23)27)12-11-15-7-5-4-6-8-15/h4-8,14H,9-13H2,1-3H3,(H,21,27)(H,22,24)/t20-/m0/s1. The number of esters is 1. The molecule has 0 radical (unpaired) electrons. The summed E-state index contributed by atoms with van der Waals surface area (Å²) in [5.41, 5.74) is 2.13. The molecule has 28 heavy (non-hydrogen) atoms. The molecule has 0 unspecified atom stereocenters. The van der Waals surface area contributed by atoms with Gasteiger partial charge in [0.15, 0.2) is 6.61 Å². The third-order valence-corrected chi connectivity index (χ3v) is 4.54. The van der Waals surface area contributed by atoms with E-state index in [0.29, 0.717) is 30.2 Å². The lowest BCUT2D eigenvalue weighted by Gasteiger charge is -2.21. The van der Waals surface area contributed by atoms with E-state index < -0.39 is 36.0 Å². The van der Waals surface area contributed by atoms with Gasteiger partial charge in [0, 0.05) is 6.42 Å². The Balaban J connectivity index is 1.85. The zero-order chi connectivity index (χ0) is 20.7. The van der Waals surface area contributed by atoms with Crippen LogP contribution in [-0.4, -0.2) is 41.0 Å². The number of rotatable bonds is 9. The number of amides is 4. The molecule has 8 heteroatoms. The van der Waals surface area contributed by atoms with Gasteiger partial charge in [0.05, 0.1) is 0 Å². The second-order valence-corrected chi connectivity index (χ2v) is 7.52. The molecule has 1 aliphatic rings. The summed E-state index contributed by atoms with van der Waals surface area (Å²) in [7, 11) is 0. The van der Waals surface area contributed by atoms with Crippen molar-refractivity contribution in [3.8, 4) is 0 Å². The van der Waals surface area contributed by atoms with Gasteiger partial charge in [-0.05, 0) is 37.7 Å². The van der Waals surface area contributed by atoms with E-state index in [1.807, 2.05) is 44.2 Å². The Labute approximate surface area is 164 Å². The number of benzene rings is 1. The summed E-state index contributed by atoms with van der Waals surface area (Å²) in [6.07, 6.45) is 1.86. The molecule has 2 rings (SSSR count). The van der Waals surface area contributed by atoms with E-state index in [1.165, 1.54) is 0 Å². The summed E-state index contributed by atoms with van der Waals surface area (Å²) >= 11 is 0. The molecule has 2 N–H and O–H groups in total. The fourth-order valence-corrected chi connectivity index (χ4v) is 2.78. The van der Waals surface area contributed by atoms with Crippen molar-refractivity contribution in [2.45, 2.75) is 52.0 Å². The van der Waals surface area contributed by atoms with Gasteiger partial charge in [0.25, 0.3) is 11.8 Å². The molecular weight excluding hydrogens is 362 g/mol. The number of nitrogens with zero attached hydrogens (tertiary/aromatic N) is 1. The van der Waals surface area contributed by atoms with Crippen LogP contribution in [0.3, 0.4) is 0 Å². The summed E-state index contributed by atoms with van der Waals surface area (Å²) in [5, 5.41) is 3.27. The highest BCUT2D eigenvalue weighted by molar-refractivity contribution is 6.07. The van der Waals surface area contributed by atoms with E-state index in [0.717, 1.165) is 5.56 Å². The van der Waals surface area contributed by atoms with Gasteiger partial charge in [-0.15, -0.1) is 0 Å². The fraction of sp³-hybridized carbons (Fsp3) is 0.500. The molecule has 8 nitrogen and oxygen atoms in total. The average Bonchev–Trinajstić information content (AvgIpc) is 2.87. The maximum Gasteiger partial charge on any atom is 0.344 e. The smallest absolute Gasteiger partial charge is 0.344 e. The Morgan fingerprint density at radius 2 is 1.89 bits per heavy atom. The Kier molecular flexibility index (Phi) is 7.14. The van der Waals surface area contributed by atoms with Crippen molar-refractivity contribution in [2.24, 2.45) is 5.92 Å². The SMILES string of the molecule is CC(C)CCC(=O)OCC(=O)NN1C(=O)N[C@@](C)(CCc2ccccc2)C1=O. The number of urea groups is 1. The van der Waals surface area contributed by atoms with Crippen LogP contribution in [0.1, 0.15) is 45.6 Å². The van der Waals surface area contributed by atoms with Crippen molar-refractivity contribution in [3.05, 3.63) is 35.9 Å². The highest BCUT2D eigenvalue weighted by atomic mass is 16.5. The second kappa shape index (κ2) is 9.34. The Hall–Kier alpha value is -2.90. The van der Waals surface area contributed by atoms with Crippen LogP contribution in [0.4, 0.5) is 4.79 Å². The summed E-state index contributed by atoms with van der Waals surface area (Å²) in [6.45, 7) is 5.03. The number of aryl methyl sites for hydroxylation is 1. The van der Waals surface area contributed by atoms with E-state index in [-0.39, 0.29) is 6.42 Å². The van der Waals surface area contributed by atoms with Gasteiger partial charge in [0.2, 0.25) is 0 Å². The van der Waals surface area contributed by atoms with Crippen LogP contribution >= 0.6 is 0 Å². The monoisotopic (exact) mass is 389 g/mol. The Bertz CT molecular complexity index is 735. The van der Waals surface area contributed by atoms with Crippen molar-refractivity contribution in [2.75, 3.05) is 6.61 Å². The van der Waals surface area contributed by atoms with Crippen LogP contribution in [-0.2, 0) is 25.5 Å². The molecule has 1 saturated heterocycles. The lowest BCUT2D eigenvalue weighted by Crippen LogP contribution is -2.50. The summed E-state index contributed by atoms with van der Waals surface area (Å²) in [5.74, 6) is -1.43. The van der Waals surface area contributed by atoms with Gasteiger partial charge in [-0.2, -0.15) is 5.01 Å². The number of nitrogens with one attached hydrogen (secondary N) is 2. The minimum absolute atomic E-state index is 0.214. The summed E-state index contributed by atoms with van der Waals surface area (Å²) in [6, 6.07) is 8.89. The van der Waals surface area contributed by atoms with E-state index >= 15 is 0 Å². The number of hydrogen-bond donors (Lipinski definition) is 2. The topological polar surface area (TPSA) is 105 Å². The van der Waals surface area contributed by atoms with Crippen molar-refractivity contribution < 1.29 is 23.9 Å². The molecular formula is C20H27N3O5. The maximum atomic E-state index is 12.6. The van der Waals surface area contributed by atoms with Gasteiger partial charge in [0.1, 0.15) is 5.54 Å². The van der Waals surface area contributed by atoms with Crippen LogP contribution in [0.2, 0.25) is 0 Å². The average molecular weight is 389 g/mol. The predicted molar refractivity (Wildman–Crippen MR) is 102 cm³/mol. The van der Waals surface area contributed by atoms with Gasteiger partial charge in [-0.25, -0.2) is 4.79 Å². The van der Waals surface area contributed by atoms with Crippen LogP contribution < -0.4 is 10.7 Å². The third-order valence-electron chi connectivity index (χ3n) is 4.54. The quantitative estimate of drug-likeness (QED) is 0.496. The van der Waals surface area contributed by atoms with E-state index in [4.69, 9.17) is 4.74 Å². The van der Waals surface area contributed by atoms with Crippen LogP contribution in [0.25, 0.3) is 0 Å². The first-order valence-corrected chi connectivity index (χ1v) is 9.37. The minimum atomic E-state index is -1.12. The Morgan fingerprint density at radius 1 is 1.21 bits per heavy atom. The molecule has 0 aromatic heterocycles. The van der Waals surface area contributed by atoms with Crippen molar-refractivity contribution >= 4 is 23.8 Å². The van der Waals surface area contributed by atoms with Crippen molar-refractivity contribution in [3.63, 3.8) is 0 Å². The van der Waals surface area contributed by atoms with Crippen LogP contribution in [0, 0.1) is 5.92 Å². The predicted octanol–water partition coefficient (Wildman–Crippen LogP) is 1.94. The molecule has 4 amide bonds. The zero-order valence-corrected chi connectivity index (χ0v) is 16.5. The molecule has 1 atom stereocenters. The minimum Gasteiger partial charge on any atom is -0.455 e. The summed E-state index contributed by atoms with van der Waals surface area (Å²) in [4.78, 5) is 48.3. The lowest BCUT2D eigenvalue weighted by atomic mass is 9.93. The van der Waals surface area contributed by atoms with Gasteiger partial charge in [-0.1, -0.05) is 44.2 Å². The van der Waals surface area contributed by atoms with E-state index in [1.54, 1.807) is 6.92 Å². The molecule has 1 aromatic rings. The van der Waals surface area contributed by atoms with Crippen LogP contribution in [0.15, 0.2) is 30.3 Å². The zero-order valence-electron chi connectivity index (χ0n) is 16.5. The first-order valence-electron chi connectivity index (χ1n) is 9.37. The molecule has 0 saturated carbocycles. The highest BCUT2D eigenvalue weighted by Crippen LogP contribution is 2.22. The van der Waals surface area contributed by atoms with E-state index in [2.05, 4.69) is 10.7 Å².